The van der Waals surface area contributed by atoms with E-state index >= 15 is 0 Å². The van der Waals surface area contributed by atoms with Crippen molar-refractivity contribution in [2.24, 2.45) is 11.3 Å². The predicted molar refractivity (Wildman–Crippen MR) is 78.6 cm³/mol. The molecule has 0 radical (unpaired) electrons. The van der Waals surface area contributed by atoms with E-state index in [9.17, 15) is 9.59 Å². The Bertz CT molecular complexity index is 527. The van der Waals surface area contributed by atoms with E-state index < -0.39 is 5.41 Å². The molecular formula is C15H23N3O3. The molecule has 1 aliphatic rings. The molecule has 1 aliphatic carbocycles. The lowest BCUT2D eigenvalue weighted by atomic mass is 9.94. The molecule has 21 heavy (non-hydrogen) atoms. The van der Waals surface area contributed by atoms with E-state index in [4.69, 9.17) is 4.52 Å². The molecule has 0 aromatic carbocycles. The van der Waals surface area contributed by atoms with Crippen LogP contribution in [-0.2, 0) is 9.59 Å². The lowest BCUT2D eigenvalue weighted by Crippen LogP contribution is -2.44. The molecule has 1 aromatic heterocycles. The van der Waals surface area contributed by atoms with Gasteiger partial charge in [0.2, 0.25) is 11.8 Å². The standard InChI is InChI=1S/C15H23N3O3/c1-10-7-12(17-21-10)16-13(19)9-18(8-11-5-6-11)14(20)15(2,3)4/h7,11H,5-6,8-9H2,1-4H3,(H,16,17,19). The third-order valence-electron chi connectivity index (χ3n) is 3.33. The second-order valence-electron chi connectivity index (χ2n) is 6.75. The smallest absolute Gasteiger partial charge is 0.245 e. The van der Waals surface area contributed by atoms with Crippen LogP contribution in [0.4, 0.5) is 5.82 Å². The van der Waals surface area contributed by atoms with Gasteiger partial charge >= 0.3 is 0 Å². The summed E-state index contributed by atoms with van der Waals surface area (Å²) in [6, 6.07) is 1.65. The Morgan fingerprint density at radius 3 is 2.57 bits per heavy atom. The molecule has 0 atom stereocenters. The van der Waals surface area contributed by atoms with Crippen LogP contribution in [0.15, 0.2) is 10.6 Å². The van der Waals surface area contributed by atoms with Gasteiger partial charge in [-0.3, -0.25) is 9.59 Å². The van der Waals surface area contributed by atoms with Gasteiger partial charge in [-0.1, -0.05) is 25.9 Å². The zero-order valence-corrected chi connectivity index (χ0v) is 13.1. The molecule has 0 aliphatic heterocycles. The third kappa shape index (κ3) is 4.58. The van der Waals surface area contributed by atoms with Crippen molar-refractivity contribution in [3.8, 4) is 0 Å². The number of rotatable bonds is 5. The number of aryl methyl sites for hydroxylation is 1. The maximum absolute atomic E-state index is 12.4. The van der Waals surface area contributed by atoms with Gasteiger partial charge in [-0.05, 0) is 25.7 Å². The number of carbonyl (C=O) groups is 2. The summed E-state index contributed by atoms with van der Waals surface area (Å²) in [7, 11) is 0. The summed E-state index contributed by atoms with van der Waals surface area (Å²) < 4.78 is 4.90. The van der Waals surface area contributed by atoms with Crippen molar-refractivity contribution in [3.63, 3.8) is 0 Å². The van der Waals surface area contributed by atoms with Gasteiger partial charge in [0.25, 0.3) is 0 Å². The Balaban J connectivity index is 1.97. The number of amides is 2. The van der Waals surface area contributed by atoms with Crippen LogP contribution in [0.5, 0.6) is 0 Å². The summed E-state index contributed by atoms with van der Waals surface area (Å²) in [5, 5.41) is 6.38. The van der Waals surface area contributed by atoms with Crippen LogP contribution in [0.3, 0.4) is 0 Å². The molecule has 1 N–H and O–H groups in total. The maximum atomic E-state index is 12.4. The molecule has 1 heterocycles. The van der Waals surface area contributed by atoms with Crippen molar-refractivity contribution in [1.82, 2.24) is 10.1 Å². The molecule has 6 heteroatoms. The first-order valence-corrected chi connectivity index (χ1v) is 7.28. The summed E-state index contributed by atoms with van der Waals surface area (Å²) >= 11 is 0. The quantitative estimate of drug-likeness (QED) is 0.903. The number of nitrogens with one attached hydrogen (secondary N) is 1. The Kier molecular flexibility index (Phi) is 4.34. The van der Waals surface area contributed by atoms with Gasteiger partial charge in [-0.2, -0.15) is 0 Å². The molecule has 6 nitrogen and oxygen atoms in total. The summed E-state index contributed by atoms with van der Waals surface area (Å²) in [5.74, 6) is 1.30. The Hall–Kier alpha value is -1.85. The lowest BCUT2D eigenvalue weighted by molar-refractivity contribution is -0.142. The van der Waals surface area contributed by atoms with E-state index in [1.165, 1.54) is 0 Å². The highest BCUT2D eigenvalue weighted by Crippen LogP contribution is 2.31. The van der Waals surface area contributed by atoms with Crippen LogP contribution in [0, 0.1) is 18.3 Å². The number of nitrogens with zero attached hydrogens (tertiary/aromatic N) is 2. The number of aromatic nitrogens is 1. The van der Waals surface area contributed by atoms with Gasteiger partial charge in [0, 0.05) is 18.0 Å². The number of anilines is 1. The van der Waals surface area contributed by atoms with E-state index in [1.54, 1.807) is 17.9 Å². The van der Waals surface area contributed by atoms with Crippen molar-refractivity contribution in [2.75, 3.05) is 18.4 Å². The molecule has 116 valence electrons. The van der Waals surface area contributed by atoms with Crippen LogP contribution in [-0.4, -0.2) is 35.0 Å². The molecule has 0 bridgehead atoms. The maximum Gasteiger partial charge on any atom is 0.245 e. The fourth-order valence-electron chi connectivity index (χ4n) is 2.09. The zero-order chi connectivity index (χ0) is 15.6. The van der Waals surface area contributed by atoms with Gasteiger partial charge < -0.3 is 14.7 Å². The minimum atomic E-state index is -0.486. The fourth-order valence-corrected chi connectivity index (χ4v) is 2.09. The van der Waals surface area contributed by atoms with E-state index in [1.807, 2.05) is 20.8 Å². The van der Waals surface area contributed by atoms with E-state index in [0.717, 1.165) is 12.8 Å². The monoisotopic (exact) mass is 293 g/mol. The minimum absolute atomic E-state index is 0.000818. The molecule has 1 saturated carbocycles. The Morgan fingerprint density at radius 2 is 2.10 bits per heavy atom. The second kappa shape index (κ2) is 5.87. The number of hydrogen-bond acceptors (Lipinski definition) is 4. The molecular weight excluding hydrogens is 270 g/mol. The van der Waals surface area contributed by atoms with Crippen LogP contribution in [0.1, 0.15) is 39.4 Å². The van der Waals surface area contributed by atoms with Crippen molar-refractivity contribution in [3.05, 3.63) is 11.8 Å². The second-order valence-corrected chi connectivity index (χ2v) is 6.75. The molecule has 2 amide bonds. The molecule has 2 rings (SSSR count). The van der Waals surface area contributed by atoms with E-state index in [2.05, 4.69) is 10.5 Å². The van der Waals surface area contributed by atoms with Gasteiger partial charge in [0.1, 0.15) is 5.76 Å². The number of carbonyl (C=O) groups excluding carboxylic acids is 2. The van der Waals surface area contributed by atoms with Crippen LogP contribution in [0.2, 0.25) is 0 Å². The van der Waals surface area contributed by atoms with Gasteiger partial charge in [-0.25, -0.2) is 0 Å². The molecule has 0 unspecified atom stereocenters. The average Bonchev–Trinajstić information content (AvgIpc) is 3.09. The van der Waals surface area contributed by atoms with Crippen molar-refractivity contribution in [1.29, 1.82) is 0 Å². The predicted octanol–water partition coefficient (Wildman–Crippen LogP) is 2.21. The highest BCUT2D eigenvalue weighted by atomic mass is 16.5. The van der Waals surface area contributed by atoms with Gasteiger partial charge in [-0.15, -0.1) is 0 Å². The van der Waals surface area contributed by atoms with Crippen molar-refractivity contribution < 1.29 is 14.1 Å². The SMILES string of the molecule is Cc1cc(NC(=O)CN(CC2CC2)C(=O)C(C)(C)C)no1. The molecule has 0 saturated heterocycles. The van der Waals surface area contributed by atoms with Gasteiger partial charge in [0.15, 0.2) is 5.82 Å². The lowest BCUT2D eigenvalue weighted by Gasteiger charge is -2.29. The summed E-state index contributed by atoms with van der Waals surface area (Å²) in [6.07, 6.45) is 2.27. The topological polar surface area (TPSA) is 75.4 Å². The Morgan fingerprint density at radius 1 is 1.43 bits per heavy atom. The van der Waals surface area contributed by atoms with Crippen LogP contribution >= 0.6 is 0 Å². The van der Waals surface area contributed by atoms with E-state index in [0.29, 0.717) is 24.0 Å². The normalized spacial score (nSPS) is 14.9. The summed E-state index contributed by atoms with van der Waals surface area (Å²) in [6.45, 7) is 8.07. The zero-order valence-electron chi connectivity index (χ0n) is 13.1. The number of hydrogen-bond donors (Lipinski definition) is 1. The Labute approximate surface area is 124 Å². The van der Waals surface area contributed by atoms with Crippen LogP contribution in [0.25, 0.3) is 0 Å². The highest BCUT2D eigenvalue weighted by Gasteiger charge is 2.33. The van der Waals surface area contributed by atoms with E-state index in [-0.39, 0.29) is 18.4 Å². The largest absolute Gasteiger partial charge is 0.360 e. The average molecular weight is 293 g/mol. The first-order valence-electron chi connectivity index (χ1n) is 7.28. The first kappa shape index (κ1) is 15.5. The summed E-state index contributed by atoms with van der Waals surface area (Å²) in [5.41, 5.74) is -0.486. The van der Waals surface area contributed by atoms with Crippen LogP contribution < -0.4 is 5.32 Å². The highest BCUT2D eigenvalue weighted by molar-refractivity contribution is 5.94. The summed E-state index contributed by atoms with van der Waals surface area (Å²) in [4.78, 5) is 26.2. The fraction of sp³-hybridized carbons (Fsp3) is 0.667. The van der Waals surface area contributed by atoms with Crippen molar-refractivity contribution in [2.45, 2.75) is 40.5 Å². The van der Waals surface area contributed by atoms with Crippen molar-refractivity contribution >= 4 is 17.6 Å². The minimum Gasteiger partial charge on any atom is -0.360 e. The van der Waals surface area contributed by atoms with Gasteiger partial charge in [0.05, 0.1) is 6.54 Å². The molecule has 1 fully saturated rings. The molecule has 1 aromatic rings. The third-order valence-corrected chi connectivity index (χ3v) is 3.33. The molecule has 0 spiro atoms. The first-order chi connectivity index (χ1) is 9.75.